The minimum atomic E-state index is -0.525. The molecule has 1 N–H and O–H groups in total. The summed E-state index contributed by atoms with van der Waals surface area (Å²) in [6, 6.07) is 15.3. The standard InChI is InChI=1S/C29H31N3O4/c1-2-29(13-10-22(11-14-29)21-6-4-3-5-7-21)27(34)32-18-16-31(17-19-32)15-12-25(33)23-8-9-24-26(20-23)36-28(35)30-24/h3-11,13,20H,2,12,14-19H2,1H3,(H,30,35). The Morgan fingerprint density at radius 1 is 1.06 bits per heavy atom. The van der Waals surface area contributed by atoms with Crippen molar-refractivity contribution in [2.75, 3.05) is 32.7 Å². The molecule has 1 unspecified atom stereocenters. The molecule has 7 nitrogen and oxygen atoms in total. The number of oxazole rings is 1. The van der Waals surface area contributed by atoms with Crippen molar-refractivity contribution < 1.29 is 14.0 Å². The third-order valence-corrected chi connectivity index (χ3v) is 7.49. The van der Waals surface area contributed by atoms with Crippen LogP contribution in [0.5, 0.6) is 0 Å². The van der Waals surface area contributed by atoms with Gasteiger partial charge in [-0.3, -0.25) is 19.5 Å². The van der Waals surface area contributed by atoms with Crippen LogP contribution in [-0.4, -0.2) is 59.2 Å². The highest BCUT2D eigenvalue weighted by atomic mass is 16.4. The molecule has 1 atom stereocenters. The Balaban J connectivity index is 1.14. The number of aromatic nitrogens is 1. The molecular weight excluding hydrogens is 454 g/mol. The number of hydrogen-bond donors (Lipinski definition) is 1. The third kappa shape index (κ3) is 4.84. The van der Waals surface area contributed by atoms with Crippen LogP contribution in [0.1, 0.15) is 42.1 Å². The van der Waals surface area contributed by atoms with Crippen LogP contribution in [0.15, 0.2) is 76.0 Å². The van der Waals surface area contributed by atoms with Crippen molar-refractivity contribution in [1.29, 1.82) is 0 Å². The van der Waals surface area contributed by atoms with E-state index in [9.17, 15) is 14.4 Å². The maximum absolute atomic E-state index is 13.6. The lowest BCUT2D eigenvalue weighted by Gasteiger charge is -2.40. The number of carbonyl (C=O) groups excluding carboxylic acids is 2. The van der Waals surface area contributed by atoms with Crippen LogP contribution in [0.2, 0.25) is 0 Å². The van der Waals surface area contributed by atoms with E-state index in [4.69, 9.17) is 4.42 Å². The number of carbonyl (C=O) groups is 2. The molecule has 2 heterocycles. The number of rotatable bonds is 7. The van der Waals surface area contributed by atoms with Gasteiger partial charge in [0.1, 0.15) is 0 Å². The minimum Gasteiger partial charge on any atom is -0.408 e. The van der Waals surface area contributed by atoms with Gasteiger partial charge >= 0.3 is 5.76 Å². The van der Waals surface area contributed by atoms with E-state index in [1.807, 2.05) is 23.1 Å². The van der Waals surface area contributed by atoms with Crippen molar-refractivity contribution in [3.05, 3.63) is 88.4 Å². The molecule has 0 bridgehead atoms. The molecule has 7 heteroatoms. The van der Waals surface area contributed by atoms with E-state index in [0.29, 0.717) is 49.1 Å². The van der Waals surface area contributed by atoms with Crippen LogP contribution >= 0.6 is 0 Å². The van der Waals surface area contributed by atoms with Crippen LogP contribution in [0.4, 0.5) is 0 Å². The number of Topliss-reactive ketones (excluding diaryl/α,β-unsaturated/α-hetero) is 1. The predicted octanol–water partition coefficient (Wildman–Crippen LogP) is 4.28. The molecule has 1 aliphatic carbocycles. The Labute approximate surface area is 210 Å². The fourth-order valence-electron chi connectivity index (χ4n) is 5.11. The second-order valence-corrected chi connectivity index (χ2v) is 9.61. The molecule has 1 fully saturated rings. The third-order valence-electron chi connectivity index (χ3n) is 7.49. The Morgan fingerprint density at radius 2 is 1.83 bits per heavy atom. The van der Waals surface area contributed by atoms with Gasteiger partial charge in [-0.2, -0.15) is 0 Å². The normalized spacial score (nSPS) is 20.5. The lowest BCUT2D eigenvalue weighted by atomic mass is 9.75. The zero-order valence-electron chi connectivity index (χ0n) is 20.5. The van der Waals surface area contributed by atoms with Gasteiger partial charge in [-0.05, 0) is 42.2 Å². The number of H-pyrrole nitrogens is 1. The van der Waals surface area contributed by atoms with Gasteiger partial charge in [-0.25, -0.2) is 4.79 Å². The number of ketones is 1. The van der Waals surface area contributed by atoms with Crippen molar-refractivity contribution in [3.8, 4) is 0 Å². The Morgan fingerprint density at radius 3 is 2.53 bits per heavy atom. The molecule has 1 aliphatic heterocycles. The van der Waals surface area contributed by atoms with Crippen LogP contribution in [0.3, 0.4) is 0 Å². The Hall–Kier alpha value is -3.71. The van der Waals surface area contributed by atoms with Gasteiger partial charge in [0.05, 0.1) is 10.9 Å². The Bertz CT molecular complexity index is 1380. The summed E-state index contributed by atoms with van der Waals surface area (Å²) in [6.45, 7) is 5.55. The highest BCUT2D eigenvalue weighted by Crippen LogP contribution is 2.38. The second-order valence-electron chi connectivity index (χ2n) is 9.61. The second kappa shape index (κ2) is 10.1. The Kier molecular flexibility index (Phi) is 6.74. The average Bonchev–Trinajstić information content (AvgIpc) is 3.31. The van der Waals surface area contributed by atoms with Crippen LogP contribution < -0.4 is 5.76 Å². The topological polar surface area (TPSA) is 86.6 Å². The van der Waals surface area contributed by atoms with Crippen LogP contribution in [-0.2, 0) is 4.79 Å². The quantitative estimate of drug-likeness (QED) is 0.505. The molecule has 0 saturated carbocycles. The minimum absolute atomic E-state index is 0.0116. The summed E-state index contributed by atoms with van der Waals surface area (Å²) >= 11 is 0. The van der Waals surface area contributed by atoms with Gasteiger partial charge in [-0.15, -0.1) is 0 Å². The molecule has 0 spiro atoms. The largest absolute Gasteiger partial charge is 0.417 e. The van der Waals surface area contributed by atoms with Gasteiger partial charge in [0.15, 0.2) is 11.4 Å². The molecule has 5 rings (SSSR count). The van der Waals surface area contributed by atoms with Gasteiger partial charge < -0.3 is 9.32 Å². The molecule has 2 aliphatic rings. The summed E-state index contributed by atoms with van der Waals surface area (Å²) < 4.78 is 5.06. The summed E-state index contributed by atoms with van der Waals surface area (Å²) in [5, 5.41) is 0. The van der Waals surface area contributed by atoms with Crippen LogP contribution in [0, 0.1) is 5.41 Å². The first kappa shape index (κ1) is 24.0. The fourth-order valence-corrected chi connectivity index (χ4v) is 5.11. The number of aromatic amines is 1. The van der Waals surface area contributed by atoms with Crippen molar-refractivity contribution >= 4 is 28.4 Å². The number of amides is 1. The smallest absolute Gasteiger partial charge is 0.408 e. The number of nitrogens with one attached hydrogen (secondary N) is 1. The maximum Gasteiger partial charge on any atom is 0.417 e. The highest BCUT2D eigenvalue weighted by Gasteiger charge is 2.38. The molecule has 1 amide bonds. The lowest BCUT2D eigenvalue weighted by Crippen LogP contribution is -2.53. The van der Waals surface area contributed by atoms with E-state index >= 15 is 0 Å². The average molecular weight is 486 g/mol. The zero-order chi connectivity index (χ0) is 25.1. The van der Waals surface area contributed by atoms with Crippen molar-refractivity contribution in [2.45, 2.75) is 26.2 Å². The number of piperazine rings is 1. The number of hydrogen-bond acceptors (Lipinski definition) is 5. The first-order valence-electron chi connectivity index (χ1n) is 12.6. The molecule has 36 heavy (non-hydrogen) atoms. The molecule has 186 valence electrons. The first-order chi connectivity index (χ1) is 17.5. The summed E-state index contributed by atoms with van der Waals surface area (Å²) in [4.78, 5) is 44.4. The van der Waals surface area contributed by atoms with E-state index in [1.165, 1.54) is 11.1 Å². The van der Waals surface area contributed by atoms with Crippen molar-refractivity contribution in [1.82, 2.24) is 14.8 Å². The van der Waals surface area contributed by atoms with Gasteiger partial charge in [-0.1, -0.05) is 55.5 Å². The number of benzene rings is 2. The summed E-state index contributed by atoms with van der Waals surface area (Å²) in [7, 11) is 0. The van der Waals surface area contributed by atoms with Crippen molar-refractivity contribution in [3.63, 3.8) is 0 Å². The molecule has 2 aromatic carbocycles. The molecule has 1 aromatic heterocycles. The van der Waals surface area contributed by atoms with E-state index in [1.54, 1.807) is 18.2 Å². The number of fused-ring (bicyclic) bond motifs is 1. The predicted molar refractivity (Wildman–Crippen MR) is 140 cm³/mol. The van der Waals surface area contributed by atoms with E-state index < -0.39 is 11.2 Å². The molecule has 1 saturated heterocycles. The molecule has 0 radical (unpaired) electrons. The summed E-state index contributed by atoms with van der Waals surface area (Å²) in [5.41, 5.74) is 3.37. The first-order valence-corrected chi connectivity index (χ1v) is 12.6. The molecule has 3 aromatic rings. The zero-order valence-corrected chi connectivity index (χ0v) is 20.5. The fraction of sp³-hybridized carbons (Fsp3) is 0.345. The van der Waals surface area contributed by atoms with Gasteiger partial charge in [0.25, 0.3) is 0 Å². The van der Waals surface area contributed by atoms with Crippen LogP contribution in [0.25, 0.3) is 16.7 Å². The van der Waals surface area contributed by atoms with Gasteiger partial charge in [0, 0.05) is 44.7 Å². The van der Waals surface area contributed by atoms with Crippen molar-refractivity contribution in [2.24, 2.45) is 5.41 Å². The lowest BCUT2D eigenvalue weighted by molar-refractivity contribution is -0.141. The van der Waals surface area contributed by atoms with E-state index in [2.05, 4.69) is 47.2 Å². The highest BCUT2D eigenvalue weighted by molar-refractivity contribution is 5.98. The number of nitrogens with zero attached hydrogens (tertiary/aromatic N) is 2. The van der Waals surface area contributed by atoms with E-state index in [0.717, 1.165) is 19.5 Å². The molecular formula is C29H31N3O4. The van der Waals surface area contributed by atoms with E-state index in [-0.39, 0.29) is 11.7 Å². The number of allylic oxidation sites excluding steroid dienone is 3. The summed E-state index contributed by atoms with van der Waals surface area (Å²) in [6.07, 6.45) is 8.24. The van der Waals surface area contributed by atoms with Gasteiger partial charge in [0.2, 0.25) is 5.91 Å². The monoisotopic (exact) mass is 485 g/mol. The maximum atomic E-state index is 13.6. The summed E-state index contributed by atoms with van der Waals surface area (Å²) in [5.74, 6) is -0.317. The SMILES string of the molecule is CCC1(C(=O)N2CCN(CCC(=O)c3ccc4[nH]c(=O)oc4c3)CC2)C=CC(c2ccccc2)=CC1.